The molecule has 4 fully saturated rings. The van der Waals surface area contributed by atoms with E-state index < -0.39 is 0 Å². The monoisotopic (exact) mass is 400 g/mol. The normalized spacial score (nSPS) is 46.8. The van der Waals surface area contributed by atoms with Crippen molar-refractivity contribution in [3.63, 3.8) is 0 Å². The number of aromatic nitrogens is 2. The molecule has 8 unspecified atom stereocenters. The Kier molecular flexibility index (Phi) is 5.08. The van der Waals surface area contributed by atoms with Gasteiger partial charge in [0.05, 0.1) is 6.10 Å². The average molecular weight is 401 g/mol. The third-order valence-corrected chi connectivity index (χ3v) is 10.3. The molecule has 4 heteroatoms. The lowest BCUT2D eigenvalue weighted by Gasteiger charge is -2.62. The molecule has 162 valence electrons. The molecule has 1 N–H and O–H groups in total. The van der Waals surface area contributed by atoms with Crippen molar-refractivity contribution in [1.29, 1.82) is 0 Å². The third kappa shape index (κ3) is 3.20. The summed E-state index contributed by atoms with van der Waals surface area (Å²) in [6, 6.07) is 0. The standard InChI is InChI=1S/C25H40N2O2/c1-16-26-27-22(29-16)9-6-8-17-10-11-19-23-20(12-14-25(17,19)3)24(2)13-5-4-7-18(24)15-21(23)28/h17-21,23,28H,4-15H2,1-3H3. The highest BCUT2D eigenvalue weighted by atomic mass is 16.4. The summed E-state index contributed by atoms with van der Waals surface area (Å²) < 4.78 is 5.57. The Bertz CT molecular complexity index is 732. The molecule has 0 aromatic carbocycles. The number of aliphatic hydroxyl groups excluding tert-OH is 1. The summed E-state index contributed by atoms with van der Waals surface area (Å²) in [5.74, 6) is 5.07. The Morgan fingerprint density at radius 2 is 1.83 bits per heavy atom. The largest absolute Gasteiger partial charge is 0.426 e. The number of aliphatic hydroxyl groups is 1. The molecule has 0 spiro atoms. The maximum absolute atomic E-state index is 11.3. The van der Waals surface area contributed by atoms with Crippen LogP contribution >= 0.6 is 0 Å². The van der Waals surface area contributed by atoms with Gasteiger partial charge in [0.25, 0.3) is 0 Å². The second-order valence-corrected chi connectivity index (χ2v) is 11.5. The zero-order valence-electron chi connectivity index (χ0n) is 18.7. The topological polar surface area (TPSA) is 59.2 Å². The molecular weight excluding hydrogens is 360 g/mol. The molecule has 0 aliphatic heterocycles. The third-order valence-electron chi connectivity index (χ3n) is 10.3. The molecule has 4 aliphatic rings. The van der Waals surface area contributed by atoms with Gasteiger partial charge < -0.3 is 9.52 Å². The maximum Gasteiger partial charge on any atom is 0.216 e. The highest BCUT2D eigenvalue weighted by Gasteiger charge is 2.61. The fraction of sp³-hybridized carbons (Fsp3) is 0.920. The van der Waals surface area contributed by atoms with Crippen LogP contribution in [0.3, 0.4) is 0 Å². The average Bonchev–Trinajstić information content (AvgIpc) is 3.25. The molecule has 1 heterocycles. The van der Waals surface area contributed by atoms with Crippen molar-refractivity contribution < 1.29 is 9.52 Å². The van der Waals surface area contributed by atoms with Crippen molar-refractivity contribution in [1.82, 2.24) is 10.2 Å². The fourth-order valence-electron chi connectivity index (χ4n) is 8.78. The van der Waals surface area contributed by atoms with Crippen molar-refractivity contribution >= 4 is 0 Å². The van der Waals surface area contributed by atoms with Crippen LogP contribution in [0.1, 0.15) is 96.3 Å². The molecule has 8 atom stereocenters. The zero-order valence-corrected chi connectivity index (χ0v) is 18.7. The van der Waals surface area contributed by atoms with Crippen LogP contribution < -0.4 is 0 Å². The maximum atomic E-state index is 11.3. The molecular formula is C25H40N2O2. The van der Waals surface area contributed by atoms with Gasteiger partial charge in [-0.15, -0.1) is 10.2 Å². The molecule has 29 heavy (non-hydrogen) atoms. The van der Waals surface area contributed by atoms with Gasteiger partial charge in [0, 0.05) is 13.3 Å². The molecule has 0 saturated heterocycles. The van der Waals surface area contributed by atoms with Crippen LogP contribution in [0.5, 0.6) is 0 Å². The van der Waals surface area contributed by atoms with Gasteiger partial charge in [-0.1, -0.05) is 26.7 Å². The number of hydrogen-bond acceptors (Lipinski definition) is 4. The van der Waals surface area contributed by atoms with E-state index in [2.05, 4.69) is 24.0 Å². The first kappa shape index (κ1) is 20.0. The Morgan fingerprint density at radius 3 is 2.62 bits per heavy atom. The second kappa shape index (κ2) is 7.35. The number of hydrogen-bond donors (Lipinski definition) is 1. The lowest BCUT2D eigenvalue weighted by molar-refractivity contribution is -0.162. The minimum Gasteiger partial charge on any atom is -0.426 e. The van der Waals surface area contributed by atoms with E-state index in [1.54, 1.807) is 0 Å². The molecule has 0 amide bonds. The van der Waals surface area contributed by atoms with Crippen molar-refractivity contribution in [2.45, 2.75) is 104 Å². The Balaban J connectivity index is 1.29. The highest BCUT2D eigenvalue weighted by molar-refractivity contribution is 5.10. The summed E-state index contributed by atoms with van der Waals surface area (Å²) in [5.41, 5.74) is 0.919. The zero-order chi connectivity index (χ0) is 20.2. The molecule has 1 aromatic heterocycles. The van der Waals surface area contributed by atoms with Crippen LogP contribution in [0.4, 0.5) is 0 Å². The van der Waals surface area contributed by atoms with E-state index in [1.165, 1.54) is 57.8 Å². The van der Waals surface area contributed by atoms with Crippen LogP contribution in [-0.2, 0) is 6.42 Å². The second-order valence-electron chi connectivity index (χ2n) is 11.5. The van der Waals surface area contributed by atoms with Crippen LogP contribution in [0.25, 0.3) is 0 Å². The molecule has 0 radical (unpaired) electrons. The SMILES string of the molecule is Cc1nnc(CCCC2CCC3C4C(O)CC5CCCCC5(C)C4CCC23C)o1. The quantitative estimate of drug-likeness (QED) is 0.702. The molecule has 4 nitrogen and oxygen atoms in total. The summed E-state index contributed by atoms with van der Waals surface area (Å²) in [4.78, 5) is 0. The highest BCUT2D eigenvalue weighted by Crippen LogP contribution is 2.67. The van der Waals surface area contributed by atoms with Crippen LogP contribution in [0.15, 0.2) is 4.42 Å². The first-order valence-corrected chi connectivity index (χ1v) is 12.4. The minimum absolute atomic E-state index is 0.0547. The van der Waals surface area contributed by atoms with Crippen LogP contribution in [-0.4, -0.2) is 21.4 Å². The van der Waals surface area contributed by atoms with E-state index in [4.69, 9.17) is 4.42 Å². The molecule has 5 rings (SSSR count). The van der Waals surface area contributed by atoms with E-state index in [9.17, 15) is 5.11 Å². The van der Waals surface area contributed by atoms with E-state index in [0.29, 0.717) is 22.6 Å². The molecule has 4 aliphatic carbocycles. The lowest BCUT2D eigenvalue weighted by Crippen LogP contribution is -2.57. The van der Waals surface area contributed by atoms with Gasteiger partial charge in [0.1, 0.15) is 0 Å². The van der Waals surface area contributed by atoms with Crippen molar-refractivity contribution in [3.8, 4) is 0 Å². The predicted molar refractivity (Wildman–Crippen MR) is 113 cm³/mol. The molecule has 4 saturated carbocycles. The first-order valence-electron chi connectivity index (χ1n) is 12.4. The van der Waals surface area contributed by atoms with E-state index in [0.717, 1.165) is 48.8 Å². The Hall–Kier alpha value is -0.900. The summed E-state index contributed by atoms with van der Waals surface area (Å²) in [7, 11) is 0. The smallest absolute Gasteiger partial charge is 0.216 e. The molecule has 0 bridgehead atoms. The fourth-order valence-corrected chi connectivity index (χ4v) is 8.78. The Labute approximate surface area is 176 Å². The summed E-state index contributed by atoms with van der Waals surface area (Å²) in [5, 5.41) is 19.4. The Morgan fingerprint density at radius 1 is 1.00 bits per heavy atom. The first-order chi connectivity index (χ1) is 13.9. The van der Waals surface area contributed by atoms with Gasteiger partial charge in [-0.05, 0) is 98.2 Å². The number of nitrogens with zero attached hydrogens (tertiary/aromatic N) is 2. The minimum atomic E-state index is -0.0547. The van der Waals surface area contributed by atoms with Gasteiger partial charge in [-0.2, -0.15) is 0 Å². The van der Waals surface area contributed by atoms with Gasteiger partial charge in [-0.25, -0.2) is 0 Å². The van der Waals surface area contributed by atoms with E-state index >= 15 is 0 Å². The van der Waals surface area contributed by atoms with E-state index in [-0.39, 0.29) is 6.10 Å². The summed E-state index contributed by atoms with van der Waals surface area (Å²) in [6.45, 7) is 7.04. The predicted octanol–water partition coefficient (Wildman–Crippen LogP) is 5.72. The van der Waals surface area contributed by atoms with Gasteiger partial charge >= 0.3 is 0 Å². The van der Waals surface area contributed by atoms with E-state index in [1.807, 2.05) is 6.92 Å². The summed E-state index contributed by atoms with van der Waals surface area (Å²) in [6.07, 6.45) is 15.3. The van der Waals surface area contributed by atoms with Crippen LogP contribution in [0, 0.1) is 47.3 Å². The van der Waals surface area contributed by atoms with Crippen molar-refractivity contribution in [2.24, 2.45) is 40.4 Å². The summed E-state index contributed by atoms with van der Waals surface area (Å²) >= 11 is 0. The molecule has 1 aromatic rings. The lowest BCUT2D eigenvalue weighted by atomic mass is 9.44. The van der Waals surface area contributed by atoms with Gasteiger partial charge in [0.2, 0.25) is 11.8 Å². The number of aryl methyl sites for hydroxylation is 2. The van der Waals surface area contributed by atoms with Crippen LogP contribution in [0.2, 0.25) is 0 Å². The van der Waals surface area contributed by atoms with Crippen molar-refractivity contribution in [2.75, 3.05) is 0 Å². The van der Waals surface area contributed by atoms with Gasteiger partial charge in [0.15, 0.2) is 0 Å². The number of fused-ring (bicyclic) bond motifs is 5. The van der Waals surface area contributed by atoms with Crippen molar-refractivity contribution in [3.05, 3.63) is 11.8 Å². The number of rotatable bonds is 4. The van der Waals surface area contributed by atoms with Gasteiger partial charge in [-0.3, -0.25) is 0 Å².